The molecule has 0 radical (unpaired) electrons. The largest absolute Gasteiger partial charge is 0.435 e. The second-order valence-electron chi connectivity index (χ2n) is 8.81. The molecule has 1 saturated heterocycles. The third-order valence-corrected chi connectivity index (χ3v) is 5.97. The molecule has 3 aromatic rings. The van der Waals surface area contributed by atoms with Gasteiger partial charge in [-0.25, -0.2) is 4.98 Å². The fraction of sp³-hybridized carbons (Fsp3) is 0.417. The summed E-state index contributed by atoms with van der Waals surface area (Å²) in [5.74, 6) is 0.225. The molecule has 156 valence electrons. The molecular formula is C24H28N4O2. The second-order valence-corrected chi connectivity index (χ2v) is 8.81. The van der Waals surface area contributed by atoms with Gasteiger partial charge >= 0.3 is 0 Å². The van der Waals surface area contributed by atoms with Crippen LogP contribution >= 0.6 is 0 Å². The Kier molecular flexibility index (Phi) is 5.05. The fourth-order valence-corrected chi connectivity index (χ4v) is 4.27. The van der Waals surface area contributed by atoms with E-state index in [0.717, 1.165) is 41.9 Å². The molecule has 1 aliphatic heterocycles. The highest BCUT2D eigenvalue weighted by Gasteiger charge is 2.33. The molecule has 1 atom stereocenters. The molecule has 0 saturated carbocycles. The van der Waals surface area contributed by atoms with Crippen molar-refractivity contribution in [2.24, 2.45) is 0 Å². The fourth-order valence-electron chi connectivity index (χ4n) is 4.27. The molecule has 0 amide bonds. The van der Waals surface area contributed by atoms with Crippen molar-refractivity contribution in [2.75, 3.05) is 32.1 Å². The molecule has 0 aliphatic carbocycles. The highest BCUT2D eigenvalue weighted by Crippen LogP contribution is 2.44. The second kappa shape index (κ2) is 7.42. The minimum absolute atomic E-state index is 0.225. The van der Waals surface area contributed by atoms with Gasteiger partial charge in [-0.1, -0.05) is 30.3 Å². The Balaban J connectivity index is 2.05. The van der Waals surface area contributed by atoms with Crippen LogP contribution in [0.1, 0.15) is 37.3 Å². The normalized spacial score (nSPS) is 17.1. The molecule has 0 unspecified atom stereocenters. The van der Waals surface area contributed by atoms with Crippen LogP contribution in [0.15, 0.2) is 34.7 Å². The van der Waals surface area contributed by atoms with E-state index < -0.39 is 5.60 Å². The van der Waals surface area contributed by atoms with Crippen LogP contribution in [0.3, 0.4) is 0 Å². The lowest BCUT2D eigenvalue weighted by molar-refractivity contribution is 0.0501. The molecule has 2 aromatic carbocycles. The third kappa shape index (κ3) is 3.34. The van der Waals surface area contributed by atoms with Crippen LogP contribution in [0.5, 0.6) is 0 Å². The molecule has 4 rings (SSSR count). The summed E-state index contributed by atoms with van der Waals surface area (Å²) >= 11 is 0. The Labute approximate surface area is 177 Å². The van der Waals surface area contributed by atoms with Crippen molar-refractivity contribution < 1.29 is 9.52 Å². The van der Waals surface area contributed by atoms with E-state index in [1.807, 2.05) is 25.1 Å². The van der Waals surface area contributed by atoms with Gasteiger partial charge in [0.15, 0.2) is 5.58 Å². The maximum atomic E-state index is 10.5. The number of anilines is 1. The van der Waals surface area contributed by atoms with Gasteiger partial charge in [0.2, 0.25) is 5.89 Å². The molecule has 2 heterocycles. The van der Waals surface area contributed by atoms with Gasteiger partial charge in [-0.2, -0.15) is 5.26 Å². The van der Waals surface area contributed by atoms with Crippen molar-refractivity contribution in [1.82, 2.24) is 9.88 Å². The van der Waals surface area contributed by atoms with E-state index in [9.17, 15) is 10.4 Å². The number of benzene rings is 2. The summed E-state index contributed by atoms with van der Waals surface area (Å²) in [4.78, 5) is 9.15. The predicted molar refractivity (Wildman–Crippen MR) is 118 cm³/mol. The van der Waals surface area contributed by atoms with Gasteiger partial charge in [-0.15, -0.1) is 0 Å². The van der Waals surface area contributed by atoms with E-state index in [1.165, 1.54) is 0 Å². The zero-order valence-corrected chi connectivity index (χ0v) is 18.2. The van der Waals surface area contributed by atoms with E-state index >= 15 is 0 Å². The van der Waals surface area contributed by atoms with Crippen molar-refractivity contribution >= 4 is 16.8 Å². The van der Waals surface area contributed by atoms with Crippen molar-refractivity contribution in [3.63, 3.8) is 0 Å². The number of aliphatic hydroxyl groups is 1. The van der Waals surface area contributed by atoms with Crippen LogP contribution in [-0.4, -0.2) is 48.2 Å². The summed E-state index contributed by atoms with van der Waals surface area (Å²) in [6.07, 6.45) is 1.05. The number of aromatic nitrogens is 1. The van der Waals surface area contributed by atoms with E-state index in [0.29, 0.717) is 22.7 Å². The first-order chi connectivity index (χ1) is 14.2. The molecule has 6 nitrogen and oxygen atoms in total. The smallest absolute Gasteiger partial charge is 0.227 e. The molecular weight excluding hydrogens is 376 g/mol. The Morgan fingerprint density at radius 2 is 1.97 bits per heavy atom. The number of hydrogen-bond acceptors (Lipinski definition) is 6. The van der Waals surface area contributed by atoms with Crippen LogP contribution in [0.4, 0.5) is 5.69 Å². The van der Waals surface area contributed by atoms with Gasteiger partial charge in [-0.05, 0) is 52.4 Å². The van der Waals surface area contributed by atoms with E-state index in [4.69, 9.17) is 4.42 Å². The summed E-state index contributed by atoms with van der Waals surface area (Å²) in [5.41, 5.74) is 4.24. The zero-order chi connectivity index (χ0) is 21.6. The first-order valence-electron chi connectivity index (χ1n) is 10.3. The number of rotatable bonds is 4. The lowest BCUT2D eigenvalue weighted by atomic mass is 9.93. The number of nitrogens with zero attached hydrogens (tertiary/aromatic N) is 4. The minimum atomic E-state index is -1.24. The van der Waals surface area contributed by atoms with Crippen LogP contribution < -0.4 is 4.90 Å². The predicted octanol–water partition coefficient (Wildman–Crippen LogP) is 4.04. The zero-order valence-electron chi connectivity index (χ0n) is 18.2. The van der Waals surface area contributed by atoms with E-state index in [-0.39, 0.29) is 5.89 Å². The average Bonchev–Trinajstić information content (AvgIpc) is 3.35. The van der Waals surface area contributed by atoms with Crippen LogP contribution in [0, 0.1) is 18.3 Å². The lowest BCUT2D eigenvalue weighted by Gasteiger charge is -2.25. The van der Waals surface area contributed by atoms with Crippen LogP contribution in [-0.2, 0) is 5.60 Å². The quantitative estimate of drug-likeness (QED) is 0.707. The first-order valence-corrected chi connectivity index (χ1v) is 10.3. The molecule has 6 heteroatoms. The highest BCUT2D eigenvalue weighted by atomic mass is 16.4. The minimum Gasteiger partial charge on any atom is -0.435 e. The SMILES string of the molecule is Cc1c(-c2ccccc2)c(N2CC[C@H](N(C)C)C2)c2oc(C(C)(C)O)nc2c1C#N. The van der Waals surface area contributed by atoms with Crippen molar-refractivity contribution in [3.05, 3.63) is 47.3 Å². The summed E-state index contributed by atoms with van der Waals surface area (Å²) in [5, 5.41) is 20.5. The molecule has 0 bridgehead atoms. The average molecular weight is 405 g/mol. The van der Waals surface area contributed by atoms with E-state index in [2.05, 4.69) is 47.1 Å². The number of nitriles is 1. The maximum absolute atomic E-state index is 10.5. The van der Waals surface area contributed by atoms with Crippen molar-refractivity contribution in [2.45, 2.75) is 38.8 Å². The lowest BCUT2D eigenvalue weighted by Crippen LogP contribution is -2.31. The molecule has 30 heavy (non-hydrogen) atoms. The summed E-state index contributed by atoms with van der Waals surface area (Å²) in [7, 11) is 4.21. The molecule has 0 spiro atoms. The Morgan fingerprint density at radius 1 is 1.27 bits per heavy atom. The maximum Gasteiger partial charge on any atom is 0.227 e. The topological polar surface area (TPSA) is 76.5 Å². The van der Waals surface area contributed by atoms with Gasteiger partial charge in [0.05, 0.1) is 11.3 Å². The number of oxazole rings is 1. The number of fused-ring (bicyclic) bond motifs is 1. The Bertz CT molecular complexity index is 1120. The Hall–Kier alpha value is -2.88. The van der Waals surface area contributed by atoms with Gasteiger partial charge in [0.25, 0.3) is 0 Å². The molecule has 1 N–H and O–H groups in total. The summed E-state index contributed by atoms with van der Waals surface area (Å²) in [6, 6.07) is 12.9. The number of hydrogen-bond donors (Lipinski definition) is 1. The van der Waals surface area contributed by atoms with Gasteiger partial charge in [0.1, 0.15) is 17.2 Å². The van der Waals surface area contributed by atoms with Crippen molar-refractivity contribution in [1.29, 1.82) is 5.26 Å². The number of likely N-dealkylation sites (N-methyl/N-ethyl adjacent to an activating group) is 1. The molecule has 1 aliphatic rings. The molecule has 1 fully saturated rings. The van der Waals surface area contributed by atoms with Gasteiger partial charge < -0.3 is 19.3 Å². The van der Waals surface area contributed by atoms with Crippen molar-refractivity contribution in [3.8, 4) is 17.2 Å². The monoisotopic (exact) mass is 404 g/mol. The van der Waals surface area contributed by atoms with Crippen LogP contribution in [0.25, 0.3) is 22.2 Å². The van der Waals surface area contributed by atoms with Gasteiger partial charge in [0, 0.05) is 24.7 Å². The van der Waals surface area contributed by atoms with Gasteiger partial charge in [-0.3, -0.25) is 0 Å². The molecule has 1 aromatic heterocycles. The van der Waals surface area contributed by atoms with E-state index in [1.54, 1.807) is 13.8 Å². The highest BCUT2D eigenvalue weighted by molar-refractivity contribution is 6.02. The summed E-state index contributed by atoms with van der Waals surface area (Å²) in [6.45, 7) is 7.02. The summed E-state index contributed by atoms with van der Waals surface area (Å²) < 4.78 is 6.16. The first kappa shape index (κ1) is 20.4. The Morgan fingerprint density at radius 3 is 2.53 bits per heavy atom. The third-order valence-electron chi connectivity index (χ3n) is 5.97. The van der Waals surface area contributed by atoms with Crippen LogP contribution in [0.2, 0.25) is 0 Å². The standard InChI is InChI=1S/C24H28N4O2/c1-15-18(13-25)20-22(30-23(26-20)24(2,3)29)21(19(15)16-9-7-6-8-10-16)28-12-11-17(14-28)27(4)5/h6-10,17,29H,11-12,14H2,1-5H3/t17-/m0/s1.